The Morgan fingerprint density at radius 1 is 1.25 bits per heavy atom. The highest BCUT2D eigenvalue weighted by atomic mass is 16.3. The Kier molecular flexibility index (Phi) is 7.22. The van der Waals surface area contributed by atoms with Crippen LogP contribution >= 0.6 is 0 Å². The summed E-state index contributed by atoms with van der Waals surface area (Å²) in [6.07, 6.45) is 5.35. The Labute approximate surface area is 142 Å². The maximum atomic E-state index is 12.1. The van der Waals surface area contributed by atoms with E-state index in [2.05, 4.69) is 39.3 Å². The summed E-state index contributed by atoms with van der Waals surface area (Å²) >= 11 is 0. The lowest BCUT2D eigenvalue weighted by Crippen LogP contribution is -2.38. The van der Waals surface area contributed by atoms with Crippen LogP contribution in [0.15, 0.2) is 41.3 Å². The average molecular weight is 331 g/mol. The molecule has 2 rings (SSSR count). The minimum atomic E-state index is -0.0119. The largest absolute Gasteiger partial charge is 0.468 e. The number of nitrogens with one attached hydrogen (secondary N) is 2. The summed E-state index contributed by atoms with van der Waals surface area (Å²) in [5, 5.41) is 6.01. The monoisotopic (exact) mass is 331 g/mol. The smallest absolute Gasteiger partial charge is 0.222 e. The molecule has 0 saturated carbocycles. The Morgan fingerprint density at radius 2 is 2.00 bits per heavy atom. The zero-order chi connectivity index (χ0) is 17.2. The van der Waals surface area contributed by atoms with Crippen LogP contribution in [0.2, 0.25) is 0 Å². The zero-order valence-electron chi connectivity index (χ0n) is 14.2. The molecule has 24 heavy (non-hydrogen) atoms. The molecule has 7 heteroatoms. The number of hydrogen-bond acceptors (Lipinski definition) is 6. The molecular formula is C17H25N5O2. The van der Waals surface area contributed by atoms with Crippen molar-refractivity contribution in [1.29, 1.82) is 0 Å². The van der Waals surface area contributed by atoms with Gasteiger partial charge in [-0.2, -0.15) is 0 Å². The third-order valence-corrected chi connectivity index (χ3v) is 3.82. The highest BCUT2D eigenvalue weighted by Crippen LogP contribution is 2.20. The second-order valence-electron chi connectivity index (χ2n) is 5.31. The van der Waals surface area contributed by atoms with Gasteiger partial charge in [0.2, 0.25) is 11.9 Å². The molecule has 0 aliphatic rings. The molecule has 0 fully saturated rings. The standard InChI is InChI=1S/C17H25N5O2/c1-3-22(4-2)14(15-7-5-12-24-15)13-21-16(23)8-11-20-17-18-9-6-10-19-17/h5-7,9-10,12,14H,3-4,8,11,13H2,1-2H3,(H,21,23)(H,18,19,20)/t14-/m0/s1. The van der Waals surface area contributed by atoms with E-state index in [1.165, 1.54) is 0 Å². The number of carbonyl (C=O) groups excluding carboxylic acids is 1. The number of rotatable bonds is 10. The molecule has 2 heterocycles. The van der Waals surface area contributed by atoms with Crippen LogP contribution in [0.5, 0.6) is 0 Å². The molecule has 0 unspecified atom stereocenters. The van der Waals surface area contributed by atoms with Gasteiger partial charge in [0.25, 0.3) is 0 Å². The van der Waals surface area contributed by atoms with Gasteiger partial charge in [-0.3, -0.25) is 9.69 Å². The van der Waals surface area contributed by atoms with Crippen molar-refractivity contribution in [2.45, 2.75) is 26.3 Å². The Bertz CT molecular complexity index is 584. The molecule has 2 aromatic heterocycles. The minimum Gasteiger partial charge on any atom is -0.468 e. The zero-order valence-corrected chi connectivity index (χ0v) is 14.2. The molecule has 2 aromatic rings. The molecule has 0 radical (unpaired) electrons. The van der Waals surface area contributed by atoms with Crippen LogP contribution in [-0.2, 0) is 4.79 Å². The number of aromatic nitrogens is 2. The predicted molar refractivity (Wildman–Crippen MR) is 92.5 cm³/mol. The number of nitrogens with zero attached hydrogens (tertiary/aromatic N) is 3. The van der Waals surface area contributed by atoms with Crippen LogP contribution in [0, 0.1) is 0 Å². The van der Waals surface area contributed by atoms with E-state index in [1.807, 2.05) is 12.1 Å². The van der Waals surface area contributed by atoms with Crippen LogP contribution in [0.25, 0.3) is 0 Å². The highest BCUT2D eigenvalue weighted by Gasteiger charge is 2.21. The van der Waals surface area contributed by atoms with Gasteiger partial charge in [-0.05, 0) is 31.3 Å². The minimum absolute atomic E-state index is 0.0119. The van der Waals surface area contributed by atoms with Gasteiger partial charge in [-0.25, -0.2) is 9.97 Å². The summed E-state index contributed by atoms with van der Waals surface area (Å²) in [4.78, 5) is 22.4. The molecule has 7 nitrogen and oxygen atoms in total. The second kappa shape index (κ2) is 9.67. The van der Waals surface area contributed by atoms with Gasteiger partial charge in [0.1, 0.15) is 5.76 Å². The number of anilines is 1. The first-order valence-electron chi connectivity index (χ1n) is 8.29. The molecule has 1 amide bonds. The number of carbonyl (C=O) groups is 1. The van der Waals surface area contributed by atoms with E-state index in [1.54, 1.807) is 24.7 Å². The van der Waals surface area contributed by atoms with Gasteiger partial charge >= 0.3 is 0 Å². The summed E-state index contributed by atoms with van der Waals surface area (Å²) in [5.74, 6) is 1.39. The normalized spacial score (nSPS) is 12.1. The summed E-state index contributed by atoms with van der Waals surface area (Å²) in [7, 11) is 0. The topological polar surface area (TPSA) is 83.3 Å². The van der Waals surface area contributed by atoms with Gasteiger partial charge in [0.05, 0.1) is 12.3 Å². The van der Waals surface area contributed by atoms with Crippen molar-refractivity contribution < 1.29 is 9.21 Å². The Balaban J connectivity index is 1.79. The van der Waals surface area contributed by atoms with E-state index < -0.39 is 0 Å². The quantitative estimate of drug-likeness (QED) is 0.693. The molecule has 0 saturated heterocycles. The van der Waals surface area contributed by atoms with Crippen LogP contribution < -0.4 is 10.6 Å². The third-order valence-electron chi connectivity index (χ3n) is 3.82. The van der Waals surface area contributed by atoms with Gasteiger partial charge in [0, 0.05) is 31.9 Å². The van der Waals surface area contributed by atoms with Crippen molar-refractivity contribution in [3.05, 3.63) is 42.6 Å². The van der Waals surface area contributed by atoms with Gasteiger partial charge < -0.3 is 15.1 Å². The van der Waals surface area contributed by atoms with Crippen molar-refractivity contribution in [3.8, 4) is 0 Å². The second-order valence-corrected chi connectivity index (χ2v) is 5.31. The summed E-state index contributed by atoms with van der Waals surface area (Å²) in [6.45, 7) is 7.01. The number of furan rings is 1. The van der Waals surface area contributed by atoms with E-state index in [-0.39, 0.29) is 11.9 Å². The molecular weight excluding hydrogens is 306 g/mol. The number of hydrogen-bond donors (Lipinski definition) is 2. The number of likely N-dealkylation sites (N-methyl/N-ethyl adjacent to an activating group) is 1. The van der Waals surface area contributed by atoms with Crippen LogP contribution in [-0.4, -0.2) is 47.0 Å². The lowest BCUT2D eigenvalue weighted by atomic mass is 10.2. The van der Waals surface area contributed by atoms with Crippen molar-refractivity contribution in [2.24, 2.45) is 0 Å². The van der Waals surface area contributed by atoms with Crippen molar-refractivity contribution in [3.63, 3.8) is 0 Å². The summed E-state index contributed by atoms with van der Waals surface area (Å²) in [6, 6.07) is 5.62. The van der Waals surface area contributed by atoms with Crippen molar-refractivity contribution >= 4 is 11.9 Å². The predicted octanol–water partition coefficient (Wildman–Crippen LogP) is 2.07. The molecule has 1 atom stereocenters. The fourth-order valence-electron chi connectivity index (χ4n) is 2.53. The summed E-state index contributed by atoms with van der Waals surface area (Å²) < 4.78 is 5.53. The lowest BCUT2D eigenvalue weighted by Gasteiger charge is -2.28. The van der Waals surface area contributed by atoms with E-state index in [0.717, 1.165) is 18.8 Å². The Hall–Kier alpha value is -2.41. The third kappa shape index (κ3) is 5.34. The van der Waals surface area contributed by atoms with E-state index in [9.17, 15) is 4.79 Å². The molecule has 130 valence electrons. The first-order chi connectivity index (χ1) is 11.7. The van der Waals surface area contributed by atoms with Crippen LogP contribution in [0.1, 0.15) is 32.1 Å². The van der Waals surface area contributed by atoms with Crippen molar-refractivity contribution in [2.75, 3.05) is 31.5 Å². The molecule has 2 N–H and O–H groups in total. The first-order valence-corrected chi connectivity index (χ1v) is 8.29. The first kappa shape index (κ1) is 17.9. The molecule has 0 aromatic carbocycles. The molecule has 0 spiro atoms. The Morgan fingerprint density at radius 3 is 2.62 bits per heavy atom. The van der Waals surface area contributed by atoms with Gasteiger partial charge in [-0.1, -0.05) is 13.8 Å². The highest BCUT2D eigenvalue weighted by molar-refractivity contribution is 5.76. The average Bonchev–Trinajstić information content (AvgIpc) is 3.14. The van der Waals surface area contributed by atoms with E-state index >= 15 is 0 Å². The summed E-state index contributed by atoms with van der Waals surface area (Å²) in [5.41, 5.74) is 0. The van der Waals surface area contributed by atoms with Crippen LogP contribution in [0.3, 0.4) is 0 Å². The lowest BCUT2D eigenvalue weighted by molar-refractivity contribution is -0.121. The molecule has 0 bridgehead atoms. The van der Waals surface area contributed by atoms with Crippen molar-refractivity contribution in [1.82, 2.24) is 20.2 Å². The van der Waals surface area contributed by atoms with Gasteiger partial charge in [-0.15, -0.1) is 0 Å². The maximum Gasteiger partial charge on any atom is 0.222 e. The van der Waals surface area contributed by atoms with E-state index in [4.69, 9.17) is 4.42 Å². The van der Waals surface area contributed by atoms with E-state index in [0.29, 0.717) is 25.5 Å². The number of amides is 1. The fourth-order valence-corrected chi connectivity index (χ4v) is 2.53. The van der Waals surface area contributed by atoms with Gasteiger partial charge in [0.15, 0.2) is 0 Å². The molecule has 0 aliphatic heterocycles. The fraction of sp³-hybridized carbons (Fsp3) is 0.471. The molecule has 0 aliphatic carbocycles. The maximum absolute atomic E-state index is 12.1. The van der Waals surface area contributed by atoms with Crippen LogP contribution in [0.4, 0.5) is 5.95 Å². The SMILES string of the molecule is CCN(CC)[C@@H](CNC(=O)CCNc1ncccn1)c1ccco1.